The van der Waals surface area contributed by atoms with E-state index in [0.717, 1.165) is 62.7 Å². The minimum Gasteiger partial charge on any atom is -0.369 e. The first-order chi connectivity index (χ1) is 12.7. The van der Waals surface area contributed by atoms with E-state index in [0.29, 0.717) is 6.04 Å². The van der Waals surface area contributed by atoms with Crippen LogP contribution in [0.3, 0.4) is 0 Å². The van der Waals surface area contributed by atoms with Crippen molar-refractivity contribution < 1.29 is 9.18 Å². The number of carbonyl (C=O) groups is 1. The number of rotatable bonds is 3. The van der Waals surface area contributed by atoms with E-state index in [2.05, 4.69) is 9.80 Å². The molecule has 2 aromatic rings. The molecule has 0 saturated carbocycles. The van der Waals surface area contributed by atoms with Crippen LogP contribution < -0.4 is 4.90 Å². The molecule has 1 amide bonds. The minimum absolute atomic E-state index is 0.176. The fraction of sp³-hybridized carbons (Fsp3) is 0.450. The van der Waals surface area contributed by atoms with E-state index in [4.69, 9.17) is 0 Å². The van der Waals surface area contributed by atoms with E-state index in [1.807, 2.05) is 34.5 Å². The van der Waals surface area contributed by atoms with E-state index in [-0.39, 0.29) is 11.7 Å². The second-order valence-electron chi connectivity index (χ2n) is 7.02. The fourth-order valence-corrected chi connectivity index (χ4v) is 4.68. The van der Waals surface area contributed by atoms with Gasteiger partial charge in [0.25, 0.3) is 5.91 Å². The molecule has 2 saturated heterocycles. The molecule has 2 aliphatic heterocycles. The van der Waals surface area contributed by atoms with Gasteiger partial charge in [-0.1, -0.05) is 6.07 Å². The molecular weight excluding hydrogens is 349 g/mol. The number of thiophene rings is 1. The number of hydrogen-bond acceptors (Lipinski definition) is 4. The number of carbonyl (C=O) groups excluding carboxylic acids is 1. The third-order valence-electron chi connectivity index (χ3n) is 5.44. The van der Waals surface area contributed by atoms with Crippen LogP contribution in [-0.2, 0) is 0 Å². The second kappa shape index (κ2) is 7.76. The van der Waals surface area contributed by atoms with Crippen molar-refractivity contribution in [1.82, 2.24) is 9.80 Å². The summed E-state index contributed by atoms with van der Waals surface area (Å²) in [6.45, 7) is 5.56. The van der Waals surface area contributed by atoms with Gasteiger partial charge in [0.05, 0.1) is 4.88 Å². The maximum Gasteiger partial charge on any atom is 0.263 e. The van der Waals surface area contributed by atoms with Crippen LogP contribution in [-0.4, -0.2) is 61.0 Å². The summed E-state index contributed by atoms with van der Waals surface area (Å²) in [6, 6.07) is 11.1. The van der Waals surface area contributed by atoms with Crippen LogP contribution in [0, 0.1) is 5.82 Å². The molecule has 4 nitrogen and oxygen atoms in total. The van der Waals surface area contributed by atoms with Gasteiger partial charge in [-0.2, -0.15) is 0 Å². The molecule has 1 aromatic carbocycles. The highest BCUT2D eigenvalue weighted by Gasteiger charge is 2.30. The predicted molar refractivity (Wildman–Crippen MR) is 103 cm³/mol. The highest BCUT2D eigenvalue weighted by molar-refractivity contribution is 7.12. The third kappa shape index (κ3) is 3.76. The van der Waals surface area contributed by atoms with Crippen LogP contribution >= 0.6 is 11.3 Å². The zero-order chi connectivity index (χ0) is 17.9. The van der Waals surface area contributed by atoms with Gasteiger partial charge in [0.15, 0.2) is 0 Å². The van der Waals surface area contributed by atoms with Crippen LogP contribution in [0.5, 0.6) is 0 Å². The normalized spacial score (nSPS) is 21.8. The lowest BCUT2D eigenvalue weighted by molar-refractivity contribution is 0.0568. The van der Waals surface area contributed by atoms with Gasteiger partial charge >= 0.3 is 0 Å². The van der Waals surface area contributed by atoms with Gasteiger partial charge in [0.2, 0.25) is 0 Å². The summed E-state index contributed by atoms with van der Waals surface area (Å²) in [6.07, 6.45) is 2.23. The average molecular weight is 373 g/mol. The Morgan fingerprint density at radius 2 is 1.81 bits per heavy atom. The van der Waals surface area contributed by atoms with Crippen molar-refractivity contribution >= 4 is 22.9 Å². The van der Waals surface area contributed by atoms with Crippen LogP contribution in [0.2, 0.25) is 0 Å². The van der Waals surface area contributed by atoms with Gasteiger partial charge in [-0.15, -0.1) is 11.3 Å². The molecule has 2 fully saturated rings. The lowest BCUT2D eigenvalue weighted by atomic mass is 10.0. The maximum atomic E-state index is 13.1. The molecule has 1 aromatic heterocycles. The Morgan fingerprint density at radius 1 is 1.04 bits per heavy atom. The van der Waals surface area contributed by atoms with Crippen molar-refractivity contribution in [2.24, 2.45) is 0 Å². The van der Waals surface area contributed by atoms with Gasteiger partial charge < -0.3 is 9.80 Å². The lowest BCUT2D eigenvalue weighted by Crippen LogP contribution is -2.55. The summed E-state index contributed by atoms with van der Waals surface area (Å²) in [5, 5.41) is 1.96. The molecule has 138 valence electrons. The lowest BCUT2D eigenvalue weighted by Gasteiger charge is -2.43. The van der Waals surface area contributed by atoms with Gasteiger partial charge in [-0.25, -0.2) is 4.39 Å². The first-order valence-electron chi connectivity index (χ1n) is 9.28. The number of nitrogens with zero attached hydrogens (tertiary/aromatic N) is 3. The number of piperidine rings is 1. The first-order valence-corrected chi connectivity index (χ1v) is 10.2. The number of anilines is 1. The van der Waals surface area contributed by atoms with E-state index in [1.54, 1.807) is 0 Å². The highest BCUT2D eigenvalue weighted by Crippen LogP contribution is 2.23. The SMILES string of the molecule is O=C(c1cccs1)N1CCC[C@@H](N2CCN(c3ccc(F)cc3)CC2)C1. The van der Waals surface area contributed by atoms with Crippen LogP contribution in [0.1, 0.15) is 22.5 Å². The number of benzene rings is 1. The van der Waals surface area contributed by atoms with E-state index in [9.17, 15) is 9.18 Å². The summed E-state index contributed by atoms with van der Waals surface area (Å²) < 4.78 is 13.1. The molecule has 1 atom stereocenters. The molecule has 4 rings (SSSR count). The maximum absolute atomic E-state index is 13.1. The van der Waals surface area contributed by atoms with Crippen molar-refractivity contribution in [3.8, 4) is 0 Å². The number of likely N-dealkylation sites (tertiary alicyclic amines) is 1. The standard InChI is InChI=1S/C20H24FN3OS/c21-16-5-7-17(8-6-16)22-10-12-23(13-11-22)18-3-1-9-24(15-18)20(25)19-4-2-14-26-19/h2,4-8,14,18H,1,3,9-13,15H2/t18-/m1/s1. The molecule has 3 heterocycles. The van der Waals surface area contributed by atoms with Crippen LogP contribution in [0.4, 0.5) is 10.1 Å². The molecular formula is C20H24FN3OS. The zero-order valence-electron chi connectivity index (χ0n) is 14.8. The van der Waals surface area contributed by atoms with Gasteiger partial charge in [-0.3, -0.25) is 9.69 Å². The molecule has 0 N–H and O–H groups in total. The van der Waals surface area contributed by atoms with Gasteiger partial charge in [0, 0.05) is 51.0 Å². The first kappa shape index (κ1) is 17.5. The number of piperazine rings is 1. The minimum atomic E-state index is -0.190. The molecule has 0 unspecified atom stereocenters. The number of amides is 1. The third-order valence-corrected chi connectivity index (χ3v) is 6.30. The summed E-state index contributed by atoms with van der Waals surface area (Å²) in [4.78, 5) is 20.3. The van der Waals surface area contributed by atoms with Crippen LogP contribution in [0.15, 0.2) is 41.8 Å². The van der Waals surface area contributed by atoms with E-state index in [1.165, 1.54) is 23.5 Å². The number of hydrogen-bond donors (Lipinski definition) is 0. The molecule has 0 bridgehead atoms. The van der Waals surface area contributed by atoms with Crippen molar-refractivity contribution in [3.05, 3.63) is 52.5 Å². The van der Waals surface area contributed by atoms with Crippen molar-refractivity contribution in [3.63, 3.8) is 0 Å². The largest absolute Gasteiger partial charge is 0.369 e. The Bertz CT molecular complexity index is 726. The molecule has 26 heavy (non-hydrogen) atoms. The Labute approximate surface area is 157 Å². The highest BCUT2D eigenvalue weighted by atomic mass is 32.1. The molecule has 0 spiro atoms. The molecule has 0 aliphatic carbocycles. The number of halogens is 1. The van der Waals surface area contributed by atoms with E-state index < -0.39 is 0 Å². The molecule has 0 radical (unpaired) electrons. The smallest absolute Gasteiger partial charge is 0.263 e. The monoisotopic (exact) mass is 373 g/mol. The summed E-state index contributed by atoms with van der Waals surface area (Å²) in [5.41, 5.74) is 1.09. The summed E-state index contributed by atoms with van der Waals surface area (Å²) >= 11 is 1.52. The Morgan fingerprint density at radius 3 is 2.50 bits per heavy atom. The Balaban J connectivity index is 1.34. The van der Waals surface area contributed by atoms with Crippen LogP contribution in [0.25, 0.3) is 0 Å². The molecule has 2 aliphatic rings. The Hall–Kier alpha value is -1.92. The fourth-order valence-electron chi connectivity index (χ4n) is 3.99. The quantitative estimate of drug-likeness (QED) is 0.826. The van der Waals surface area contributed by atoms with Crippen molar-refractivity contribution in [2.45, 2.75) is 18.9 Å². The Kier molecular flexibility index (Phi) is 5.22. The molecule has 6 heteroatoms. The summed E-state index contributed by atoms with van der Waals surface area (Å²) in [7, 11) is 0. The van der Waals surface area contributed by atoms with Gasteiger partial charge in [0.1, 0.15) is 5.82 Å². The zero-order valence-corrected chi connectivity index (χ0v) is 15.6. The summed E-state index contributed by atoms with van der Waals surface area (Å²) in [5.74, 6) is -0.0141. The van der Waals surface area contributed by atoms with Gasteiger partial charge in [-0.05, 0) is 48.6 Å². The second-order valence-corrected chi connectivity index (χ2v) is 7.97. The predicted octanol–water partition coefficient (Wildman–Crippen LogP) is 3.31. The average Bonchev–Trinajstić information content (AvgIpc) is 3.23. The van der Waals surface area contributed by atoms with Crippen molar-refractivity contribution in [2.75, 3.05) is 44.2 Å². The van der Waals surface area contributed by atoms with Crippen molar-refractivity contribution in [1.29, 1.82) is 0 Å². The topological polar surface area (TPSA) is 26.8 Å². The van der Waals surface area contributed by atoms with E-state index >= 15 is 0 Å².